The smallest absolute Gasteiger partial charge is 0.459 e. The summed E-state index contributed by atoms with van der Waals surface area (Å²) in [6.07, 6.45) is -2.66. The number of fused-ring (bicyclic) bond motifs is 1. The van der Waals surface area contributed by atoms with Gasteiger partial charge >= 0.3 is 13.7 Å². The zero-order valence-electron chi connectivity index (χ0n) is 20.6. The molecule has 0 aliphatic carbocycles. The maximum Gasteiger partial charge on any atom is 0.459 e. The van der Waals surface area contributed by atoms with Gasteiger partial charge in [-0.1, -0.05) is 18.2 Å². The lowest BCUT2D eigenvalue weighted by Crippen LogP contribution is -2.40. The lowest BCUT2D eigenvalue weighted by molar-refractivity contribution is -0.144. The van der Waals surface area contributed by atoms with Crippen LogP contribution in [0.4, 0.5) is 5.82 Å². The molecule has 1 fully saturated rings. The third-order valence-corrected chi connectivity index (χ3v) is 7.67. The van der Waals surface area contributed by atoms with Gasteiger partial charge in [0.1, 0.15) is 47.5 Å². The Morgan fingerprint density at radius 2 is 2.03 bits per heavy atom. The van der Waals surface area contributed by atoms with E-state index in [0.717, 1.165) is 0 Å². The number of rotatable bonds is 10. The van der Waals surface area contributed by atoms with Gasteiger partial charge in [-0.15, -0.1) is 0 Å². The molecule has 2 unspecified atom stereocenters. The summed E-state index contributed by atoms with van der Waals surface area (Å²) in [6, 6.07) is 10.5. The number of nitrogens with one attached hydrogen (secondary N) is 1. The molecule has 1 saturated heterocycles. The summed E-state index contributed by atoms with van der Waals surface area (Å²) in [7, 11) is -4.19. The van der Waals surface area contributed by atoms with Crippen molar-refractivity contribution in [1.29, 1.82) is 0 Å². The Kier molecular flexibility index (Phi) is 7.83. The first kappa shape index (κ1) is 27.0. The van der Waals surface area contributed by atoms with E-state index in [4.69, 9.17) is 24.3 Å². The number of carbonyl (C=O) groups is 1. The van der Waals surface area contributed by atoms with Crippen LogP contribution in [-0.4, -0.2) is 68.3 Å². The second-order valence-corrected chi connectivity index (χ2v) is 10.4. The fourth-order valence-electron chi connectivity index (χ4n) is 4.10. The third kappa shape index (κ3) is 5.47. The third-order valence-electron chi connectivity index (χ3n) is 6.02. The predicted molar refractivity (Wildman–Crippen MR) is 131 cm³/mol. The highest BCUT2D eigenvalue weighted by atomic mass is 31.2. The molecule has 0 bridgehead atoms. The molecular weight excluding hydrogens is 505 g/mol. The van der Waals surface area contributed by atoms with Crippen molar-refractivity contribution in [3.63, 3.8) is 0 Å². The van der Waals surface area contributed by atoms with E-state index in [1.54, 1.807) is 56.3 Å². The predicted octanol–water partition coefficient (Wildman–Crippen LogP) is 1.39. The van der Waals surface area contributed by atoms with E-state index in [0.29, 0.717) is 11.2 Å². The summed E-state index contributed by atoms with van der Waals surface area (Å²) < 4.78 is 37.4. The molecule has 1 aliphatic rings. The molecule has 0 saturated carbocycles. The number of nitrogens with zero attached hydrogens (tertiary/aromatic N) is 3. The van der Waals surface area contributed by atoms with Crippen molar-refractivity contribution < 1.29 is 38.1 Å². The average molecular weight is 535 g/mol. The number of aliphatic hydroxyl groups excluding tert-OH is 2. The molecule has 5 N–H and O–H groups in total. The van der Waals surface area contributed by atoms with Gasteiger partial charge in [0.2, 0.25) is 0 Å². The summed E-state index contributed by atoms with van der Waals surface area (Å²) in [5.41, 5.74) is 5.41. The van der Waals surface area contributed by atoms with Gasteiger partial charge < -0.3 is 29.9 Å². The zero-order valence-corrected chi connectivity index (χ0v) is 21.4. The fraction of sp³-hybridized carbons (Fsp3) is 0.435. The Hall–Kier alpha value is -3.06. The Labute approximate surface area is 213 Å². The second kappa shape index (κ2) is 10.7. The number of anilines is 1. The molecule has 1 aromatic carbocycles. The molecule has 6 atom stereocenters. The number of nitrogen functional groups attached to an aromatic ring is 1. The van der Waals surface area contributed by atoms with Crippen LogP contribution in [0.1, 0.15) is 26.5 Å². The monoisotopic (exact) mass is 535 g/mol. The van der Waals surface area contributed by atoms with Crippen LogP contribution in [0.2, 0.25) is 0 Å². The van der Waals surface area contributed by atoms with E-state index in [1.165, 1.54) is 17.8 Å². The Balaban J connectivity index is 1.54. The van der Waals surface area contributed by atoms with Crippen LogP contribution in [0, 0.1) is 0 Å². The maximum absolute atomic E-state index is 13.7. The molecule has 3 heterocycles. The normalized spacial score (nSPS) is 26.0. The van der Waals surface area contributed by atoms with Crippen molar-refractivity contribution in [2.24, 2.45) is 0 Å². The lowest BCUT2D eigenvalue weighted by Gasteiger charge is -2.27. The van der Waals surface area contributed by atoms with Crippen LogP contribution >= 0.6 is 7.75 Å². The number of aliphatic hydroxyl groups is 2. The van der Waals surface area contributed by atoms with Gasteiger partial charge in [-0.05, 0) is 45.0 Å². The molecule has 37 heavy (non-hydrogen) atoms. The topological polar surface area (TPSA) is 180 Å². The summed E-state index contributed by atoms with van der Waals surface area (Å²) >= 11 is 0. The van der Waals surface area contributed by atoms with Crippen molar-refractivity contribution >= 4 is 25.1 Å². The van der Waals surface area contributed by atoms with E-state index >= 15 is 0 Å². The SMILES string of the molecule is CCOC(=O)[C@H](C)NP(=O)(OCC1O[C@@](C)(c2ccc3c(N)ncnn23)[C@H](O)[C@@H]1O)Oc1ccccc1. The molecule has 14 heteroatoms. The second-order valence-electron chi connectivity index (χ2n) is 8.66. The number of hydrogen-bond donors (Lipinski definition) is 4. The number of esters is 1. The molecule has 1 aliphatic heterocycles. The van der Waals surface area contributed by atoms with Crippen molar-refractivity contribution in [2.45, 2.75) is 50.7 Å². The summed E-state index contributed by atoms with van der Waals surface area (Å²) in [5, 5.41) is 28.5. The number of carbonyl (C=O) groups excluding carboxylic acids is 1. The Morgan fingerprint density at radius 1 is 1.30 bits per heavy atom. The van der Waals surface area contributed by atoms with Gasteiger partial charge in [-0.3, -0.25) is 9.32 Å². The standard InChI is InChI=1S/C23H30N5O8P/c1-4-33-22(31)14(2)27-37(32,36-15-8-6-5-7-9-15)34-12-17-19(29)20(30)23(3,35-17)18-11-10-16-21(24)25-13-26-28(16)18/h5-11,13-14,17,19-20,29-30H,4,12H2,1-3H3,(H,27,32)(H2,24,25,26)/t14-,17?,19+,20+,23-,37?/m0/s1. The highest BCUT2D eigenvalue weighted by Crippen LogP contribution is 2.47. The first-order valence-electron chi connectivity index (χ1n) is 11.6. The maximum atomic E-state index is 13.7. The average Bonchev–Trinajstić information content (AvgIpc) is 3.40. The zero-order chi connectivity index (χ0) is 26.8. The van der Waals surface area contributed by atoms with Crippen LogP contribution in [0.15, 0.2) is 48.8 Å². The molecule has 4 rings (SSSR count). The number of hydrogen-bond acceptors (Lipinski definition) is 11. The van der Waals surface area contributed by atoms with Crippen molar-refractivity contribution in [3.05, 3.63) is 54.5 Å². The number of benzene rings is 1. The largest absolute Gasteiger partial charge is 0.465 e. The van der Waals surface area contributed by atoms with Crippen LogP contribution in [0.5, 0.6) is 5.75 Å². The van der Waals surface area contributed by atoms with E-state index < -0.39 is 50.3 Å². The molecule has 2 aromatic heterocycles. The van der Waals surface area contributed by atoms with Crippen LogP contribution in [0.3, 0.4) is 0 Å². The molecule has 0 amide bonds. The molecule has 13 nitrogen and oxygen atoms in total. The first-order valence-corrected chi connectivity index (χ1v) is 13.2. The first-order chi connectivity index (χ1) is 17.6. The van der Waals surface area contributed by atoms with E-state index in [-0.39, 0.29) is 18.2 Å². The van der Waals surface area contributed by atoms with Gasteiger partial charge in [0.25, 0.3) is 0 Å². The van der Waals surface area contributed by atoms with Gasteiger partial charge in [-0.2, -0.15) is 10.2 Å². The molecule has 200 valence electrons. The summed E-state index contributed by atoms with van der Waals surface area (Å²) in [5.74, 6) is -0.188. The molecule has 0 spiro atoms. The van der Waals surface area contributed by atoms with Gasteiger partial charge in [0.15, 0.2) is 5.82 Å². The fourth-order valence-corrected chi connectivity index (χ4v) is 5.60. The highest BCUT2D eigenvalue weighted by molar-refractivity contribution is 7.52. The minimum Gasteiger partial charge on any atom is -0.465 e. The van der Waals surface area contributed by atoms with E-state index in [2.05, 4.69) is 15.2 Å². The highest BCUT2D eigenvalue weighted by Gasteiger charge is 2.54. The van der Waals surface area contributed by atoms with Crippen molar-refractivity contribution in [2.75, 3.05) is 18.9 Å². The van der Waals surface area contributed by atoms with Gasteiger partial charge in [-0.25, -0.2) is 14.1 Å². The lowest BCUT2D eigenvalue weighted by atomic mass is 9.93. The van der Waals surface area contributed by atoms with Crippen LogP contribution < -0.4 is 15.3 Å². The molecule has 0 radical (unpaired) electrons. The summed E-state index contributed by atoms with van der Waals surface area (Å²) in [6.45, 7) is 4.38. The van der Waals surface area contributed by atoms with Crippen LogP contribution in [0.25, 0.3) is 5.52 Å². The van der Waals surface area contributed by atoms with Crippen molar-refractivity contribution in [3.8, 4) is 5.75 Å². The molecule has 3 aromatic rings. The van der Waals surface area contributed by atoms with Crippen LogP contribution in [-0.2, 0) is 29.0 Å². The number of aromatic nitrogens is 3. The molecular formula is C23H30N5O8P. The minimum atomic E-state index is -4.19. The Bertz CT molecular complexity index is 1290. The van der Waals surface area contributed by atoms with E-state index in [9.17, 15) is 19.6 Å². The van der Waals surface area contributed by atoms with E-state index in [1.807, 2.05) is 0 Å². The van der Waals surface area contributed by atoms with Gasteiger partial charge in [0, 0.05) is 0 Å². The minimum absolute atomic E-state index is 0.138. The number of ether oxygens (including phenoxy) is 2. The number of para-hydroxylation sites is 1. The quantitative estimate of drug-likeness (QED) is 0.217. The van der Waals surface area contributed by atoms with Gasteiger partial charge in [0.05, 0.1) is 18.9 Å². The van der Waals surface area contributed by atoms with Crippen molar-refractivity contribution in [1.82, 2.24) is 19.7 Å². The summed E-state index contributed by atoms with van der Waals surface area (Å²) in [4.78, 5) is 16.1. The number of nitrogens with two attached hydrogens (primary N) is 1. The Morgan fingerprint density at radius 3 is 2.73 bits per heavy atom.